The first kappa shape index (κ1) is 18.5. The lowest BCUT2D eigenvalue weighted by Crippen LogP contribution is -2.06. The summed E-state index contributed by atoms with van der Waals surface area (Å²) in [6.45, 7) is 2.50. The van der Waals surface area contributed by atoms with Gasteiger partial charge in [0.2, 0.25) is 5.13 Å². The number of thiazole rings is 1. The lowest BCUT2D eigenvalue weighted by molar-refractivity contribution is -0.143. The Morgan fingerprint density at radius 1 is 1.52 bits per heavy atom. The van der Waals surface area contributed by atoms with Gasteiger partial charge < -0.3 is 20.3 Å². The molecule has 25 heavy (non-hydrogen) atoms. The standard InChI is InChI=1S/C16H20N4O4S/c1-2-23-15(22)4-3-7-24-12-6-5-11(13(21)8-12)9-18-20-16-19-14(17)10-25-16/h5-6,8-10,21H,2-4,7,17H2,1H3,(H,19,20). The number of carbonyl (C=O) groups excluding carboxylic acids is 1. The molecule has 0 aliphatic carbocycles. The van der Waals surface area contributed by atoms with E-state index in [4.69, 9.17) is 15.2 Å². The fourth-order valence-electron chi connectivity index (χ4n) is 1.86. The number of esters is 1. The molecule has 0 bridgehead atoms. The Kier molecular flexibility index (Phi) is 7.02. The van der Waals surface area contributed by atoms with Crippen LogP contribution < -0.4 is 15.9 Å². The number of aromatic nitrogens is 1. The number of rotatable bonds is 9. The number of nitrogens with two attached hydrogens (primary N) is 1. The Morgan fingerprint density at radius 3 is 3.04 bits per heavy atom. The molecule has 2 aromatic rings. The predicted octanol–water partition coefficient (Wildman–Crippen LogP) is 2.60. The zero-order valence-corrected chi connectivity index (χ0v) is 14.6. The molecule has 0 saturated carbocycles. The molecule has 0 fully saturated rings. The highest BCUT2D eigenvalue weighted by Crippen LogP contribution is 2.23. The number of ether oxygens (including phenoxy) is 2. The van der Waals surface area contributed by atoms with Crippen molar-refractivity contribution in [3.8, 4) is 11.5 Å². The van der Waals surface area contributed by atoms with Crippen molar-refractivity contribution in [2.24, 2.45) is 5.10 Å². The Labute approximate surface area is 149 Å². The lowest BCUT2D eigenvalue weighted by Gasteiger charge is -2.07. The fourth-order valence-corrected chi connectivity index (χ4v) is 2.41. The molecular formula is C16H20N4O4S. The van der Waals surface area contributed by atoms with Gasteiger partial charge in [-0.3, -0.25) is 10.2 Å². The minimum atomic E-state index is -0.241. The summed E-state index contributed by atoms with van der Waals surface area (Å²) in [6, 6.07) is 4.89. The van der Waals surface area contributed by atoms with E-state index in [9.17, 15) is 9.90 Å². The van der Waals surface area contributed by atoms with E-state index in [0.717, 1.165) is 0 Å². The van der Waals surface area contributed by atoms with Crippen molar-refractivity contribution < 1.29 is 19.4 Å². The third kappa shape index (κ3) is 6.30. The number of hydrogen-bond acceptors (Lipinski definition) is 9. The highest BCUT2D eigenvalue weighted by atomic mass is 32.1. The van der Waals surface area contributed by atoms with E-state index in [0.29, 0.717) is 48.3 Å². The van der Waals surface area contributed by atoms with Gasteiger partial charge in [-0.15, -0.1) is 11.3 Å². The van der Waals surface area contributed by atoms with Crippen molar-refractivity contribution >= 4 is 34.5 Å². The summed E-state index contributed by atoms with van der Waals surface area (Å²) in [5.74, 6) is 0.733. The number of benzene rings is 1. The molecule has 134 valence electrons. The van der Waals surface area contributed by atoms with Crippen LogP contribution in [0.25, 0.3) is 0 Å². The third-order valence-electron chi connectivity index (χ3n) is 2.99. The van der Waals surface area contributed by atoms with Gasteiger partial charge in [-0.05, 0) is 25.5 Å². The molecule has 2 rings (SSSR count). The number of anilines is 2. The second kappa shape index (κ2) is 9.48. The maximum Gasteiger partial charge on any atom is 0.305 e. The average molecular weight is 364 g/mol. The van der Waals surface area contributed by atoms with Crippen molar-refractivity contribution in [1.82, 2.24) is 4.98 Å². The minimum absolute atomic E-state index is 0.0343. The molecule has 0 saturated heterocycles. The molecule has 9 heteroatoms. The van der Waals surface area contributed by atoms with Gasteiger partial charge in [0.1, 0.15) is 17.3 Å². The van der Waals surface area contributed by atoms with Gasteiger partial charge in [0.15, 0.2) is 0 Å². The SMILES string of the molecule is CCOC(=O)CCCOc1ccc(C=NNc2nc(N)cs2)c(O)c1. The molecule has 0 atom stereocenters. The number of nitrogens with one attached hydrogen (secondary N) is 1. The van der Waals surface area contributed by atoms with Crippen molar-refractivity contribution in [1.29, 1.82) is 0 Å². The molecule has 1 aromatic heterocycles. The van der Waals surface area contributed by atoms with E-state index in [1.807, 2.05) is 0 Å². The number of hydrogen-bond donors (Lipinski definition) is 3. The van der Waals surface area contributed by atoms with E-state index in [1.165, 1.54) is 23.6 Å². The largest absolute Gasteiger partial charge is 0.507 e. The first-order valence-electron chi connectivity index (χ1n) is 7.70. The second-order valence-corrected chi connectivity index (χ2v) is 5.78. The molecule has 0 aliphatic heterocycles. The van der Waals surface area contributed by atoms with Gasteiger partial charge in [-0.25, -0.2) is 4.98 Å². The van der Waals surface area contributed by atoms with Gasteiger partial charge in [0.25, 0.3) is 0 Å². The summed E-state index contributed by atoms with van der Waals surface area (Å²) in [6.07, 6.45) is 2.32. The number of nitrogen functional groups attached to an aromatic ring is 1. The van der Waals surface area contributed by atoms with Crippen molar-refractivity contribution in [2.45, 2.75) is 19.8 Å². The van der Waals surface area contributed by atoms with E-state index in [1.54, 1.807) is 24.4 Å². The van der Waals surface area contributed by atoms with Crippen LogP contribution in [0.4, 0.5) is 10.9 Å². The molecule has 1 heterocycles. The van der Waals surface area contributed by atoms with Gasteiger partial charge in [0, 0.05) is 23.4 Å². The zero-order valence-electron chi connectivity index (χ0n) is 13.8. The molecule has 1 aromatic carbocycles. The highest BCUT2D eigenvalue weighted by Gasteiger charge is 2.04. The Bertz CT molecular complexity index is 733. The third-order valence-corrected chi connectivity index (χ3v) is 3.75. The molecule has 0 radical (unpaired) electrons. The van der Waals surface area contributed by atoms with E-state index < -0.39 is 0 Å². The quantitative estimate of drug-likeness (QED) is 0.271. The molecule has 4 N–H and O–H groups in total. The molecule has 0 amide bonds. The molecule has 0 spiro atoms. The zero-order chi connectivity index (χ0) is 18.1. The van der Waals surface area contributed by atoms with E-state index in [2.05, 4.69) is 15.5 Å². The van der Waals surface area contributed by atoms with Crippen LogP contribution in [0.3, 0.4) is 0 Å². The maximum absolute atomic E-state index is 11.2. The van der Waals surface area contributed by atoms with Crippen LogP contribution in [0.5, 0.6) is 11.5 Å². The van der Waals surface area contributed by atoms with Crippen LogP contribution in [0.1, 0.15) is 25.3 Å². The maximum atomic E-state index is 11.2. The molecule has 0 unspecified atom stereocenters. The fraction of sp³-hybridized carbons (Fsp3) is 0.312. The van der Waals surface area contributed by atoms with Crippen molar-refractivity contribution in [3.63, 3.8) is 0 Å². The summed E-state index contributed by atoms with van der Waals surface area (Å²) in [7, 11) is 0. The normalized spacial score (nSPS) is 10.8. The van der Waals surface area contributed by atoms with Gasteiger partial charge in [-0.2, -0.15) is 5.10 Å². The smallest absolute Gasteiger partial charge is 0.305 e. The summed E-state index contributed by atoms with van der Waals surface area (Å²) < 4.78 is 10.3. The van der Waals surface area contributed by atoms with Crippen molar-refractivity contribution in [3.05, 3.63) is 29.1 Å². The van der Waals surface area contributed by atoms with Crippen LogP contribution in [-0.2, 0) is 9.53 Å². The van der Waals surface area contributed by atoms with Gasteiger partial charge >= 0.3 is 5.97 Å². The molecule has 8 nitrogen and oxygen atoms in total. The minimum Gasteiger partial charge on any atom is -0.507 e. The van der Waals surface area contributed by atoms with Crippen LogP contribution in [0, 0.1) is 0 Å². The molecular weight excluding hydrogens is 344 g/mol. The number of phenols is 1. The predicted molar refractivity (Wildman–Crippen MR) is 97.2 cm³/mol. The molecule has 0 aliphatic rings. The number of phenolic OH excluding ortho intramolecular Hbond substituents is 1. The summed E-state index contributed by atoms with van der Waals surface area (Å²) >= 11 is 1.33. The van der Waals surface area contributed by atoms with Gasteiger partial charge in [-0.1, -0.05) is 0 Å². The summed E-state index contributed by atoms with van der Waals surface area (Å²) in [4.78, 5) is 15.2. The van der Waals surface area contributed by atoms with Crippen LogP contribution >= 0.6 is 11.3 Å². The van der Waals surface area contributed by atoms with E-state index >= 15 is 0 Å². The Balaban J connectivity index is 1.80. The number of aromatic hydroxyl groups is 1. The number of carbonyl (C=O) groups is 1. The highest BCUT2D eigenvalue weighted by molar-refractivity contribution is 7.14. The first-order valence-corrected chi connectivity index (χ1v) is 8.58. The van der Waals surface area contributed by atoms with Crippen LogP contribution in [0.2, 0.25) is 0 Å². The number of nitrogens with zero attached hydrogens (tertiary/aromatic N) is 2. The second-order valence-electron chi connectivity index (χ2n) is 4.93. The average Bonchev–Trinajstić information content (AvgIpc) is 2.99. The Morgan fingerprint density at radius 2 is 2.36 bits per heavy atom. The topological polar surface area (TPSA) is 119 Å². The monoisotopic (exact) mass is 364 g/mol. The van der Waals surface area contributed by atoms with Crippen molar-refractivity contribution in [2.75, 3.05) is 24.4 Å². The van der Waals surface area contributed by atoms with Crippen LogP contribution in [0.15, 0.2) is 28.7 Å². The number of hydrazone groups is 1. The first-order chi connectivity index (χ1) is 12.1. The summed E-state index contributed by atoms with van der Waals surface area (Å²) in [5, 5.41) is 16.3. The van der Waals surface area contributed by atoms with E-state index in [-0.39, 0.29) is 11.7 Å². The lowest BCUT2D eigenvalue weighted by atomic mass is 10.2. The van der Waals surface area contributed by atoms with Gasteiger partial charge in [0.05, 0.1) is 19.4 Å². The van der Waals surface area contributed by atoms with Crippen LogP contribution in [-0.4, -0.2) is 35.5 Å². The summed E-state index contributed by atoms with van der Waals surface area (Å²) in [5.41, 5.74) is 8.76. The Hall–Kier alpha value is -2.81.